The summed E-state index contributed by atoms with van der Waals surface area (Å²) >= 11 is 5.51. The third-order valence-corrected chi connectivity index (χ3v) is 4.08. The summed E-state index contributed by atoms with van der Waals surface area (Å²) in [6, 6.07) is 7.52. The lowest BCUT2D eigenvalue weighted by molar-refractivity contribution is 0.406. The average Bonchev–Trinajstić information content (AvgIpc) is 2.42. The molecule has 0 amide bonds. The number of benzene rings is 2. The van der Waals surface area contributed by atoms with Crippen LogP contribution in [0.5, 0.6) is 11.5 Å². The van der Waals surface area contributed by atoms with Gasteiger partial charge in [-0.25, -0.2) is 17.2 Å². The smallest absolute Gasteiger partial charge is 0.198 e. The minimum absolute atomic E-state index is 0.00167. The predicted octanol–water partition coefficient (Wildman–Crippen LogP) is 3.90. The van der Waals surface area contributed by atoms with E-state index in [1.807, 2.05) is 0 Å². The van der Waals surface area contributed by atoms with Crippen LogP contribution in [0.4, 0.5) is 8.78 Å². The molecule has 0 spiro atoms. The number of sulfone groups is 1. The maximum absolute atomic E-state index is 13.8. The summed E-state index contributed by atoms with van der Waals surface area (Å²) in [6.07, 6.45) is 1.03. The maximum atomic E-state index is 13.8. The summed E-state index contributed by atoms with van der Waals surface area (Å²) in [4.78, 5) is -0.00167. The van der Waals surface area contributed by atoms with E-state index in [1.54, 1.807) is 0 Å². The Morgan fingerprint density at radius 1 is 1.14 bits per heavy atom. The van der Waals surface area contributed by atoms with Gasteiger partial charge in [-0.05, 0) is 35.9 Å². The lowest BCUT2D eigenvalue weighted by atomic mass is 10.2. The third kappa shape index (κ3) is 3.71. The highest BCUT2D eigenvalue weighted by Gasteiger charge is 2.15. The van der Waals surface area contributed by atoms with E-state index < -0.39 is 27.2 Å². The van der Waals surface area contributed by atoms with Crippen molar-refractivity contribution in [2.24, 2.45) is 0 Å². The number of alkyl halides is 1. The molecule has 0 N–H and O–H groups in total. The normalized spacial score (nSPS) is 11.4. The summed E-state index contributed by atoms with van der Waals surface area (Å²) < 4.78 is 55.5. The van der Waals surface area contributed by atoms with E-state index in [2.05, 4.69) is 0 Å². The van der Waals surface area contributed by atoms with E-state index in [1.165, 1.54) is 24.3 Å². The maximum Gasteiger partial charge on any atom is 0.198 e. The number of hydrogen-bond acceptors (Lipinski definition) is 3. The Kier molecular flexibility index (Phi) is 4.49. The van der Waals surface area contributed by atoms with Crippen LogP contribution >= 0.6 is 11.6 Å². The first kappa shape index (κ1) is 15.7. The van der Waals surface area contributed by atoms with Gasteiger partial charge in [-0.15, -0.1) is 11.6 Å². The van der Waals surface area contributed by atoms with Crippen molar-refractivity contribution in [3.05, 3.63) is 53.6 Å². The Hall–Kier alpha value is -1.66. The highest BCUT2D eigenvalue weighted by Crippen LogP contribution is 2.30. The van der Waals surface area contributed by atoms with Crippen LogP contribution in [0.1, 0.15) is 5.56 Å². The Labute approximate surface area is 126 Å². The van der Waals surface area contributed by atoms with Crippen LogP contribution in [-0.4, -0.2) is 14.7 Å². The van der Waals surface area contributed by atoms with E-state index >= 15 is 0 Å². The Balaban J connectivity index is 2.39. The van der Waals surface area contributed by atoms with Crippen molar-refractivity contribution in [3.8, 4) is 11.5 Å². The van der Waals surface area contributed by atoms with Gasteiger partial charge in [-0.3, -0.25) is 0 Å². The van der Waals surface area contributed by atoms with E-state index in [0.29, 0.717) is 0 Å². The first-order valence-corrected chi connectivity index (χ1v) is 8.25. The first-order chi connectivity index (χ1) is 9.81. The molecule has 0 aliphatic rings. The van der Waals surface area contributed by atoms with Crippen molar-refractivity contribution >= 4 is 21.4 Å². The van der Waals surface area contributed by atoms with Gasteiger partial charge in [0.1, 0.15) is 5.75 Å². The van der Waals surface area contributed by atoms with Crippen LogP contribution in [0.25, 0.3) is 0 Å². The van der Waals surface area contributed by atoms with Gasteiger partial charge in [0.2, 0.25) is 0 Å². The molecule has 0 fully saturated rings. The van der Waals surface area contributed by atoms with E-state index in [4.69, 9.17) is 16.3 Å². The molecule has 0 unspecified atom stereocenters. The van der Waals surface area contributed by atoms with E-state index in [0.717, 1.165) is 18.4 Å². The summed E-state index contributed by atoms with van der Waals surface area (Å²) in [5.74, 6) is -2.42. The van der Waals surface area contributed by atoms with Gasteiger partial charge >= 0.3 is 0 Å². The van der Waals surface area contributed by atoms with Crippen molar-refractivity contribution in [1.82, 2.24) is 0 Å². The van der Waals surface area contributed by atoms with Gasteiger partial charge in [0.05, 0.1) is 4.90 Å². The van der Waals surface area contributed by atoms with E-state index in [9.17, 15) is 17.2 Å². The van der Waals surface area contributed by atoms with Crippen LogP contribution in [0.3, 0.4) is 0 Å². The van der Waals surface area contributed by atoms with Crippen LogP contribution in [0, 0.1) is 11.6 Å². The van der Waals surface area contributed by atoms with Gasteiger partial charge in [0.25, 0.3) is 0 Å². The molecule has 3 nitrogen and oxygen atoms in total. The number of halogens is 3. The van der Waals surface area contributed by atoms with Crippen LogP contribution in [0.15, 0.2) is 41.3 Å². The Bertz CT molecular complexity index is 753. The molecule has 0 aromatic heterocycles. The van der Waals surface area contributed by atoms with E-state index in [-0.39, 0.29) is 22.1 Å². The van der Waals surface area contributed by atoms with Crippen molar-refractivity contribution in [1.29, 1.82) is 0 Å². The summed E-state index contributed by atoms with van der Waals surface area (Å²) in [5.41, 5.74) is 0.281. The minimum atomic E-state index is -3.43. The van der Waals surface area contributed by atoms with Gasteiger partial charge in [-0.2, -0.15) is 0 Å². The lowest BCUT2D eigenvalue weighted by Crippen LogP contribution is -1.98. The van der Waals surface area contributed by atoms with Crippen LogP contribution in [-0.2, 0) is 15.7 Å². The molecule has 0 atom stereocenters. The fourth-order valence-corrected chi connectivity index (χ4v) is 2.48. The van der Waals surface area contributed by atoms with Gasteiger partial charge < -0.3 is 4.74 Å². The average molecular weight is 333 g/mol. The second-order valence-electron chi connectivity index (χ2n) is 4.37. The monoisotopic (exact) mass is 332 g/mol. The molecule has 2 aromatic rings. The van der Waals surface area contributed by atoms with Gasteiger partial charge in [0.15, 0.2) is 27.2 Å². The highest BCUT2D eigenvalue weighted by molar-refractivity contribution is 7.90. The minimum Gasteiger partial charge on any atom is -0.451 e. The zero-order valence-electron chi connectivity index (χ0n) is 10.9. The fraction of sp³-hybridized carbons (Fsp3) is 0.143. The van der Waals surface area contributed by atoms with Gasteiger partial charge in [0, 0.05) is 12.1 Å². The molecular formula is C14H11ClF2O3S. The highest BCUT2D eigenvalue weighted by atomic mass is 35.5. The molecule has 0 bridgehead atoms. The molecule has 0 aliphatic heterocycles. The Morgan fingerprint density at radius 3 is 2.29 bits per heavy atom. The topological polar surface area (TPSA) is 43.4 Å². The molecule has 112 valence electrons. The van der Waals surface area contributed by atoms with Crippen LogP contribution < -0.4 is 4.74 Å². The molecule has 0 saturated heterocycles. The lowest BCUT2D eigenvalue weighted by Gasteiger charge is -2.10. The zero-order chi connectivity index (χ0) is 15.6. The molecular weight excluding hydrogens is 322 g/mol. The number of rotatable bonds is 4. The standard InChI is InChI=1S/C14H11ClF2O3S/c1-21(18,19)11-4-2-3-10(7-11)20-14-12(16)5-9(8-15)6-13(14)17/h2-7H,8H2,1H3. The molecule has 0 heterocycles. The SMILES string of the molecule is CS(=O)(=O)c1cccc(Oc2c(F)cc(CCl)cc2F)c1. The second-order valence-corrected chi connectivity index (χ2v) is 6.65. The fourth-order valence-electron chi connectivity index (χ4n) is 1.67. The third-order valence-electron chi connectivity index (χ3n) is 2.67. The first-order valence-electron chi connectivity index (χ1n) is 5.83. The molecule has 2 aromatic carbocycles. The summed E-state index contributed by atoms with van der Waals surface area (Å²) in [5, 5.41) is 0. The van der Waals surface area contributed by atoms with Crippen molar-refractivity contribution in [2.75, 3.05) is 6.26 Å². The quantitative estimate of drug-likeness (QED) is 0.797. The zero-order valence-corrected chi connectivity index (χ0v) is 12.5. The molecule has 0 saturated carbocycles. The van der Waals surface area contributed by atoms with Crippen molar-refractivity contribution < 1.29 is 21.9 Å². The van der Waals surface area contributed by atoms with Crippen molar-refractivity contribution in [2.45, 2.75) is 10.8 Å². The van der Waals surface area contributed by atoms with Gasteiger partial charge in [-0.1, -0.05) is 6.07 Å². The second kappa shape index (κ2) is 5.99. The molecule has 2 rings (SSSR count). The number of hydrogen-bond donors (Lipinski definition) is 0. The van der Waals surface area contributed by atoms with Crippen molar-refractivity contribution in [3.63, 3.8) is 0 Å². The molecule has 7 heteroatoms. The largest absolute Gasteiger partial charge is 0.451 e. The summed E-state index contributed by atoms with van der Waals surface area (Å²) in [6.45, 7) is 0. The molecule has 0 radical (unpaired) electrons. The predicted molar refractivity (Wildman–Crippen MR) is 75.5 cm³/mol. The summed E-state index contributed by atoms with van der Waals surface area (Å²) in [7, 11) is -3.43. The molecule has 0 aliphatic carbocycles. The molecule has 21 heavy (non-hydrogen) atoms. The number of ether oxygens (including phenoxy) is 1. The Morgan fingerprint density at radius 2 is 1.76 bits per heavy atom. The van der Waals surface area contributed by atoms with Crippen LogP contribution in [0.2, 0.25) is 0 Å².